The van der Waals surface area contributed by atoms with E-state index in [0.717, 1.165) is 43.9 Å². The van der Waals surface area contributed by atoms with Gasteiger partial charge in [-0.2, -0.15) is 0 Å². The minimum atomic E-state index is 0.164. The van der Waals surface area contributed by atoms with Gasteiger partial charge in [0.1, 0.15) is 0 Å². The fraction of sp³-hybridized carbons (Fsp3) is 0.615. The van der Waals surface area contributed by atoms with Crippen molar-refractivity contribution in [3.05, 3.63) is 18.3 Å². The van der Waals surface area contributed by atoms with Crippen molar-refractivity contribution >= 4 is 5.82 Å². The first-order chi connectivity index (χ1) is 8.24. The molecule has 0 saturated heterocycles. The van der Waals surface area contributed by atoms with Crippen LogP contribution in [0.3, 0.4) is 0 Å². The molecule has 0 aliphatic rings. The van der Waals surface area contributed by atoms with Crippen LogP contribution in [0.15, 0.2) is 18.3 Å². The molecule has 0 atom stereocenters. The van der Waals surface area contributed by atoms with Crippen LogP contribution in [0.5, 0.6) is 5.75 Å². The summed E-state index contributed by atoms with van der Waals surface area (Å²) in [6.07, 6.45) is 5.28. The number of nitrogens with one attached hydrogen (secondary N) is 1. The lowest BCUT2D eigenvalue weighted by molar-refractivity contribution is 0.243. The average molecular weight is 237 g/mol. The zero-order valence-electron chi connectivity index (χ0n) is 10.8. The average Bonchev–Trinajstić information content (AvgIpc) is 2.30. The van der Waals surface area contributed by atoms with E-state index in [-0.39, 0.29) is 6.10 Å². The summed E-state index contributed by atoms with van der Waals surface area (Å²) in [7, 11) is 0. The first-order valence-corrected chi connectivity index (χ1v) is 6.29. The lowest BCUT2D eigenvalue weighted by atomic mass is 10.2. The highest BCUT2D eigenvalue weighted by molar-refractivity contribution is 5.49. The SMILES string of the molecule is CC(C)Oc1cccnc1NCCCCCN. The van der Waals surface area contributed by atoms with E-state index in [9.17, 15) is 0 Å². The first-order valence-electron chi connectivity index (χ1n) is 6.29. The van der Waals surface area contributed by atoms with E-state index in [1.165, 1.54) is 0 Å². The second-order valence-electron chi connectivity index (χ2n) is 4.29. The monoisotopic (exact) mass is 237 g/mol. The summed E-state index contributed by atoms with van der Waals surface area (Å²) in [4.78, 5) is 4.29. The number of hydrogen-bond acceptors (Lipinski definition) is 4. The first kappa shape index (κ1) is 13.8. The van der Waals surface area contributed by atoms with Crippen LogP contribution in [0, 0.1) is 0 Å². The number of aromatic nitrogens is 1. The van der Waals surface area contributed by atoms with Gasteiger partial charge in [0, 0.05) is 12.7 Å². The molecule has 0 bridgehead atoms. The van der Waals surface area contributed by atoms with Crippen LogP contribution in [-0.2, 0) is 0 Å². The third-order valence-corrected chi connectivity index (χ3v) is 2.31. The van der Waals surface area contributed by atoms with E-state index < -0.39 is 0 Å². The van der Waals surface area contributed by atoms with Gasteiger partial charge < -0.3 is 15.8 Å². The molecule has 17 heavy (non-hydrogen) atoms. The van der Waals surface area contributed by atoms with Crippen LogP contribution in [0.2, 0.25) is 0 Å². The molecule has 4 nitrogen and oxygen atoms in total. The molecule has 1 heterocycles. The number of pyridine rings is 1. The minimum absolute atomic E-state index is 0.164. The van der Waals surface area contributed by atoms with E-state index in [1.54, 1.807) is 6.20 Å². The number of nitrogens with zero attached hydrogens (tertiary/aromatic N) is 1. The molecule has 0 unspecified atom stereocenters. The van der Waals surface area contributed by atoms with Gasteiger partial charge in [-0.1, -0.05) is 6.42 Å². The summed E-state index contributed by atoms with van der Waals surface area (Å²) in [6, 6.07) is 3.83. The number of unbranched alkanes of at least 4 members (excludes halogenated alkanes) is 2. The number of rotatable bonds is 8. The normalized spacial score (nSPS) is 10.6. The molecule has 0 radical (unpaired) electrons. The Kier molecular flexibility index (Phi) is 6.40. The Morgan fingerprint density at radius 1 is 1.35 bits per heavy atom. The number of hydrogen-bond donors (Lipinski definition) is 2. The Labute approximate surface area is 104 Å². The lowest BCUT2D eigenvalue weighted by Gasteiger charge is -2.14. The van der Waals surface area contributed by atoms with Crippen LogP contribution >= 0.6 is 0 Å². The van der Waals surface area contributed by atoms with E-state index in [2.05, 4.69) is 10.3 Å². The second-order valence-corrected chi connectivity index (χ2v) is 4.29. The summed E-state index contributed by atoms with van der Waals surface area (Å²) in [5.41, 5.74) is 5.45. The Bertz CT molecular complexity index is 315. The van der Waals surface area contributed by atoms with E-state index in [4.69, 9.17) is 10.5 Å². The summed E-state index contributed by atoms with van der Waals surface area (Å²) in [5.74, 6) is 1.65. The number of anilines is 1. The quantitative estimate of drug-likeness (QED) is 0.682. The fourth-order valence-electron chi connectivity index (χ4n) is 1.53. The van der Waals surface area contributed by atoms with Gasteiger partial charge in [0.15, 0.2) is 11.6 Å². The van der Waals surface area contributed by atoms with E-state index in [1.807, 2.05) is 26.0 Å². The highest BCUT2D eigenvalue weighted by Crippen LogP contribution is 2.21. The Morgan fingerprint density at radius 2 is 2.18 bits per heavy atom. The van der Waals surface area contributed by atoms with Crippen LogP contribution in [0.25, 0.3) is 0 Å². The van der Waals surface area contributed by atoms with Crippen molar-refractivity contribution in [3.63, 3.8) is 0 Å². The Morgan fingerprint density at radius 3 is 2.88 bits per heavy atom. The zero-order chi connectivity index (χ0) is 12.5. The molecular weight excluding hydrogens is 214 g/mol. The largest absolute Gasteiger partial charge is 0.487 e. The van der Waals surface area contributed by atoms with Crippen molar-refractivity contribution in [2.45, 2.75) is 39.2 Å². The van der Waals surface area contributed by atoms with E-state index >= 15 is 0 Å². The topological polar surface area (TPSA) is 60.2 Å². The van der Waals surface area contributed by atoms with Crippen molar-refractivity contribution in [2.75, 3.05) is 18.4 Å². The molecule has 1 aromatic heterocycles. The molecule has 3 N–H and O–H groups in total. The molecule has 0 aliphatic carbocycles. The van der Waals surface area contributed by atoms with Crippen molar-refractivity contribution < 1.29 is 4.74 Å². The molecular formula is C13H23N3O. The van der Waals surface area contributed by atoms with Crippen molar-refractivity contribution in [3.8, 4) is 5.75 Å². The van der Waals surface area contributed by atoms with Gasteiger partial charge in [0.25, 0.3) is 0 Å². The molecule has 0 saturated carbocycles. The Hall–Kier alpha value is -1.29. The molecule has 1 rings (SSSR count). The van der Waals surface area contributed by atoms with Crippen LogP contribution in [0.1, 0.15) is 33.1 Å². The number of ether oxygens (including phenoxy) is 1. The van der Waals surface area contributed by atoms with Gasteiger partial charge in [-0.15, -0.1) is 0 Å². The van der Waals surface area contributed by atoms with Crippen molar-refractivity contribution in [2.24, 2.45) is 5.73 Å². The maximum Gasteiger partial charge on any atom is 0.168 e. The highest BCUT2D eigenvalue weighted by atomic mass is 16.5. The number of nitrogens with two attached hydrogens (primary N) is 1. The highest BCUT2D eigenvalue weighted by Gasteiger charge is 2.05. The minimum Gasteiger partial charge on any atom is -0.487 e. The van der Waals surface area contributed by atoms with Gasteiger partial charge >= 0.3 is 0 Å². The molecule has 0 amide bonds. The zero-order valence-corrected chi connectivity index (χ0v) is 10.8. The van der Waals surface area contributed by atoms with E-state index in [0.29, 0.717) is 0 Å². The molecule has 0 fully saturated rings. The fourth-order valence-corrected chi connectivity index (χ4v) is 1.53. The predicted octanol–water partition coefficient (Wildman–Crippen LogP) is 2.41. The van der Waals surface area contributed by atoms with Crippen LogP contribution in [-0.4, -0.2) is 24.2 Å². The van der Waals surface area contributed by atoms with Crippen LogP contribution in [0.4, 0.5) is 5.82 Å². The second kappa shape index (κ2) is 7.90. The van der Waals surface area contributed by atoms with Gasteiger partial charge in [0.05, 0.1) is 6.10 Å². The molecule has 1 aromatic rings. The molecule has 0 aliphatic heterocycles. The van der Waals surface area contributed by atoms with Gasteiger partial charge in [-0.25, -0.2) is 4.98 Å². The maximum absolute atomic E-state index is 5.68. The molecule has 4 heteroatoms. The lowest BCUT2D eigenvalue weighted by Crippen LogP contribution is -2.10. The molecule has 96 valence electrons. The predicted molar refractivity (Wildman–Crippen MR) is 71.4 cm³/mol. The summed E-state index contributed by atoms with van der Waals surface area (Å²) in [5, 5.41) is 3.30. The third kappa shape index (κ3) is 5.54. The van der Waals surface area contributed by atoms with Gasteiger partial charge in [0.2, 0.25) is 0 Å². The summed E-state index contributed by atoms with van der Waals surface area (Å²) in [6.45, 7) is 5.70. The van der Waals surface area contributed by atoms with Gasteiger partial charge in [-0.3, -0.25) is 0 Å². The van der Waals surface area contributed by atoms with Crippen molar-refractivity contribution in [1.29, 1.82) is 0 Å². The standard InChI is InChI=1S/C13H23N3O/c1-11(2)17-12-7-6-10-16-13(12)15-9-5-3-4-8-14/h6-7,10-11H,3-5,8-9,14H2,1-2H3,(H,15,16). The summed E-state index contributed by atoms with van der Waals surface area (Å²) < 4.78 is 5.68. The molecule has 0 aromatic carbocycles. The summed E-state index contributed by atoms with van der Waals surface area (Å²) >= 11 is 0. The smallest absolute Gasteiger partial charge is 0.168 e. The third-order valence-electron chi connectivity index (χ3n) is 2.31. The molecule has 0 spiro atoms. The van der Waals surface area contributed by atoms with Gasteiger partial charge in [-0.05, 0) is 45.4 Å². The van der Waals surface area contributed by atoms with Crippen LogP contribution < -0.4 is 15.8 Å². The Balaban J connectivity index is 2.40. The van der Waals surface area contributed by atoms with Crippen molar-refractivity contribution in [1.82, 2.24) is 4.98 Å². The maximum atomic E-state index is 5.68.